The van der Waals surface area contributed by atoms with Gasteiger partial charge in [-0.2, -0.15) is 4.39 Å². The predicted molar refractivity (Wildman–Crippen MR) is 68.0 cm³/mol. The minimum Gasteiger partial charge on any atom is -0.497 e. The molecule has 0 unspecified atom stereocenters. The molecule has 0 fully saturated rings. The van der Waals surface area contributed by atoms with Crippen molar-refractivity contribution < 1.29 is 9.13 Å². The Labute approximate surface area is 103 Å². The number of nitrogens with one attached hydrogen (secondary N) is 1. The average molecular weight is 242 g/mol. The Morgan fingerprint density at radius 3 is 2.78 bits per heavy atom. The summed E-state index contributed by atoms with van der Waals surface area (Å²) in [6.45, 7) is 0. The number of halogens is 1. The molecule has 0 saturated carbocycles. The van der Waals surface area contributed by atoms with E-state index in [1.54, 1.807) is 13.2 Å². The summed E-state index contributed by atoms with van der Waals surface area (Å²) in [5.74, 6) is 0.324. The first-order valence-corrected chi connectivity index (χ1v) is 5.55. The third-order valence-electron chi connectivity index (χ3n) is 2.87. The van der Waals surface area contributed by atoms with Crippen LogP contribution in [0.3, 0.4) is 0 Å². The van der Waals surface area contributed by atoms with Crippen LogP contribution in [0.5, 0.6) is 5.75 Å². The summed E-state index contributed by atoms with van der Waals surface area (Å²) in [6, 6.07) is 10.9. The van der Waals surface area contributed by atoms with Gasteiger partial charge >= 0.3 is 0 Å². The van der Waals surface area contributed by atoms with E-state index in [9.17, 15) is 4.39 Å². The maximum atomic E-state index is 12.8. The second kappa shape index (κ2) is 4.14. The van der Waals surface area contributed by atoms with E-state index >= 15 is 0 Å². The van der Waals surface area contributed by atoms with E-state index in [0.717, 1.165) is 27.9 Å². The van der Waals surface area contributed by atoms with E-state index in [4.69, 9.17) is 4.74 Å². The van der Waals surface area contributed by atoms with Crippen molar-refractivity contribution in [2.75, 3.05) is 7.11 Å². The van der Waals surface area contributed by atoms with Gasteiger partial charge in [-0.3, -0.25) is 0 Å². The lowest BCUT2D eigenvalue weighted by Gasteiger charge is -1.98. The summed E-state index contributed by atoms with van der Waals surface area (Å²) in [4.78, 5) is 6.91. The number of fused-ring (bicyclic) bond motifs is 1. The fourth-order valence-corrected chi connectivity index (χ4v) is 1.92. The molecule has 1 N–H and O–H groups in total. The van der Waals surface area contributed by atoms with Crippen LogP contribution in [0, 0.1) is 5.95 Å². The third kappa shape index (κ3) is 1.82. The van der Waals surface area contributed by atoms with Crippen LogP contribution < -0.4 is 4.74 Å². The summed E-state index contributed by atoms with van der Waals surface area (Å²) in [7, 11) is 1.63. The molecule has 0 spiro atoms. The molecule has 18 heavy (non-hydrogen) atoms. The van der Waals surface area contributed by atoms with Crippen molar-refractivity contribution in [2.45, 2.75) is 0 Å². The summed E-state index contributed by atoms with van der Waals surface area (Å²) in [5, 5.41) is 1.08. The first-order valence-electron chi connectivity index (χ1n) is 5.55. The second-order valence-corrected chi connectivity index (χ2v) is 4.01. The Hall–Kier alpha value is -2.36. The summed E-state index contributed by atoms with van der Waals surface area (Å²) >= 11 is 0. The first-order chi connectivity index (χ1) is 8.76. The minimum atomic E-state index is -0.475. The largest absolute Gasteiger partial charge is 0.497 e. The smallest absolute Gasteiger partial charge is 0.212 e. The Morgan fingerprint density at radius 2 is 2.06 bits per heavy atom. The van der Waals surface area contributed by atoms with Crippen molar-refractivity contribution in [2.24, 2.45) is 0 Å². The second-order valence-electron chi connectivity index (χ2n) is 4.01. The van der Waals surface area contributed by atoms with Gasteiger partial charge in [0, 0.05) is 34.4 Å². The molecule has 0 aliphatic carbocycles. The highest BCUT2D eigenvalue weighted by molar-refractivity contribution is 5.86. The monoisotopic (exact) mass is 242 g/mol. The minimum absolute atomic E-state index is 0.475. The summed E-state index contributed by atoms with van der Waals surface area (Å²) in [6.07, 6.45) is 1.51. The van der Waals surface area contributed by atoms with Crippen LogP contribution in [-0.4, -0.2) is 17.1 Å². The molecule has 0 atom stereocenters. The molecule has 3 rings (SSSR count). The predicted octanol–water partition coefficient (Wildman–Crippen LogP) is 3.38. The SMILES string of the molecule is COc1ccc2cc(-c3ccc(F)nc3)[nH]c2c1. The molecule has 0 radical (unpaired) electrons. The highest BCUT2D eigenvalue weighted by Gasteiger charge is 2.05. The molecule has 0 amide bonds. The maximum absolute atomic E-state index is 12.8. The van der Waals surface area contributed by atoms with Gasteiger partial charge < -0.3 is 9.72 Å². The number of hydrogen-bond acceptors (Lipinski definition) is 2. The Morgan fingerprint density at radius 1 is 1.17 bits per heavy atom. The molecule has 0 saturated heterocycles. The van der Waals surface area contributed by atoms with Gasteiger partial charge in [0.25, 0.3) is 0 Å². The van der Waals surface area contributed by atoms with E-state index in [1.165, 1.54) is 12.3 Å². The fraction of sp³-hybridized carbons (Fsp3) is 0.0714. The van der Waals surface area contributed by atoms with Gasteiger partial charge in [0.05, 0.1) is 7.11 Å². The molecule has 1 aromatic carbocycles. The quantitative estimate of drug-likeness (QED) is 0.699. The van der Waals surface area contributed by atoms with E-state index in [0.29, 0.717) is 0 Å². The summed E-state index contributed by atoms with van der Waals surface area (Å²) < 4.78 is 17.9. The highest BCUT2D eigenvalue weighted by Crippen LogP contribution is 2.26. The van der Waals surface area contributed by atoms with E-state index in [2.05, 4.69) is 9.97 Å². The molecular weight excluding hydrogens is 231 g/mol. The number of benzene rings is 1. The number of H-pyrrole nitrogens is 1. The van der Waals surface area contributed by atoms with Crippen LogP contribution in [0.15, 0.2) is 42.6 Å². The number of aromatic amines is 1. The van der Waals surface area contributed by atoms with Gasteiger partial charge in [-0.25, -0.2) is 4.98 Å². The molecule has 0 aliphatic rings. The van der Waals surface area contributed by atoms with E-state index in [1.807, 2.05) is 24.3 Å². The molecule has 3 aromatic rings. The van der Waals surface area contributed by atoms with Crippen molar-refractivity contribution in [3.8, 4) is 17.0 Å². The molecule has 3 nitrogen and oxygen atoms in total. The lowest BCUT2D eigenvalue weighted by atomic mass is 10.2. The van der Waals surface area contributed by atoms with Crippen LogP contribution in [0.2, 0.25) is 0 Å². The Balaban J connectivity index is 2.10. The number of hydrogen-bond donors (Lipinski definition) is 1. The lowest BCUT2D eigenvalue weighted by molar-refractivity contribution is 0.415. The highest BCUT2D eigenvalue weighted by atomic mass is 19.1. The van der Waals surface area contributed by atoms with E-state index in [-0.39, 0.29) is 0 Å². The number of nitrogens with zero attached hydrogens (tertiary/aromatic N) is 1. The number of methoxy groups -OCH3 is 1. The van der Waals surface area contributed by atoms with Gasteiger partial charge in [-0.1, -0.05) is 0 Å². The standard InChI is InChI=1S/C14H11FN2O/c1-18-11-4-2-9-6-12(17-13(9)7-11)10-3-5-14(15)16-8-10/h2-8,17H,1H3. The van der Waals surface area contributed by atoms with E-state index < -0.39 is 5.95 Å². The van der Waals surface area contributed by atoms with Crippen molar-refractivity contribution >= 4 is 10.9 Å². The molecule has 0 bridgehead atoms. The number of rotatable bonds is 2. The van der Waals surface area contributed by atoms with Crippen molar-refractivity contribution in [3.63, 3.8) is 0 Å². The zero-order chi connectivity index (χ0) is 12.5. The molecule has 2 aromatic heterocycles. The normalized spacial score (nSPS) is 10.8. The lowest BCUT2D eigenvalue weighted by Crippen LogP contribution is -1.83. The molecular formula is C14H11FN2O. The van der Waals surface area contributed by atoms with Crippen LogP contribution in [-0.2, 0) is 0 Å². The Kier molecular flexibility index (Phi) is 2.48. The van der Waals surface area contributed by atoms with Gasteiger partial charge in [0.2, 0.25) is 5.95 Å². The van der Waals surface area contributed by atoms with Crippen LogP contribution in [0.1, 0.15) is 0 Å². The topological polar surface area (TPSA) is 37.9 Å². The van der Waals surface area contributed by atoms with Gasteiger partial charge in [-0.15, -0.1) is 0 Å². The summed E-state index contributed by atoms with van der Waals surface area (Å²) in [5.41, 5.74) is 2.74. The molecule has 0 aliphatic heterocycles. The van der Waals surface area contributed by atoms with Crippen molar-refractivity contribution in [3.05, 3.63) is 48.5 Å². The van der Waals surface area contributed by atoms with Gasteiger partial charge in [-0.05, 0) is 30.3 Å². The van der Waals surface area contributed by atoms with Crippen molar-refractivity contribution in [1.82, 2.24) is 9.97 Å². The third-order valence-corrected chi connectivity index (χ3v) is 2.87. The van der Waals surface area contributed by atoms with Crippen molar-refractivity contribution in [1.29, 1.82) is 0 Å². The molecule has 2 heterocycles. The maximum Gasteiger partial charge on any atom is 0.212 e. The molecule has 4 heteroatoms. The zero-order valence-electron chi connectivity index (χ0n) is 9.77. The van der Waals surface area contributed by atoms with Gasteiger partial charge in [0.1, 0.15) is 5.75 Å². The number of aromatic nitrogens is 2. The first kappa shape index (κ1) is 10.8. The number of ether oxygens (including phenoxy) is 1. The van der Waals surface area contributed by atoms with Crippen LogP contribution in [0.25, 0.3) is 22.2 Å². The average Bonchev–Trinajstić information content (AvgIpc) is 2.82. The molecule has 90 valence electrons. The zero-order valence-corrected chi connectivity index (χ0v) is 9.77. The Bertz CT molecular complexity index is 689. The number of pyridine rings is 1. The fourth-order valence-electron chi connectivity index (χ4n) is 1.92. The van der Waals surface area contributed by atoms with Crippen LogP contribution >= 0.6 is 0 Å². The van der Waals surface area contributed by atoms with Gasteiger partial charge in [0.15, 0.2) is 0 Å². The van der Waals surface area contributed by atoms with Crippen LogP contribution in [0.4, 0.5) is 4.39 Å².